The van der Waals surface area contributed by atoms with Crippen LogP contribution >= 0.6 is 0 Å². The third kappa shape index (κ3) is 4.77. The summed E-state index contributed by atoms with van der Waals surface area (Å²) in [5, 5.41) is 2.75. The Morgan fingerprint density at radius 2 is 2.00 bits per heavy atom. The predicted molar refractivity (Wildman–Crippen MR) is 92.8 cm³/mol. The Morgan fingerprint density at radius 3 is 2.67 bits per heavy atom. The van der Waals surface area contributed by atoms with E-state index in [0.717, 1.165) is 11.1 Å². The quantitative estimate of drug-likeness (QED) is 0.812. The molecule has 24 heavy (non-hydrogen) atoms. The van der Waals surface area contributed by atoms with Crippen molar-refractivity contribution in [2.75, 3.05) is 26.1 Å². The lowest BCUT2D eigenvalue weighted by atomic mass is 10.1. The van der Waals surface area contributed by atoms with Crippen molar-refractivity contribution in [1.29, 1.82) is 0 Å². The van der Waals surface area contributed by atoms with Crippen LogP contribution in [0.15, 0.2) is 30.3 Å². The van der Waals surface area contributed by atoms with Gasteiger partial charge in [-0.3, -0.25) is 4.79 Å². The molecule has 0 bridgehead atoms. The van der Waals surface area contributed by atoms with Crippen molar-refractivity contribution >= 4 is 17.9 Å². The number of hydrogen-bond donors (Lipinski definition) is 1. The Morgan fingerprint density at radius 1 is 1.25 bits per heavy atom. The molecule has 7 heteroatoms. The first-order chi connectivity index (χ1) is 11.5. The summed E-state index contributed by atoms with van der Waals surface area (Å²) in [6.07, 6.45) is 3.28. The highest BCUT2D eigenvalue weighted by molar-refractivity contribution is 5.91. The predicted octanol–water partition coefficient (Wildman–Crippen LogP) is 1.58. The number of carbonyl (C=O) groups excluding carboxylic acids is 1. The normalized spacial score (nSPS) is 10.7. The lowest BCUT2D eigenvalue weighted by molar-refractivity contribution is -0.116. The van der Waals surface area contributed by atoms with Crippen molar-refractivity contribution in [2.24, 2.45) is 0 Å². The second kappa shape index (κ2) is 8.05. The Labute approximate surface area is 141 Å². The molecule has 1 N–H and O–H groups in total. The fourth-order valence-corrected chi connectivity index (χ4v) is 1.92. The molecule has 0 saturated carbocycles. The zero-order chi connectivity index (χ0) is 17.5. The lowest BCUT2D eigenvalue weighted by Gasteiger charge is -2.12. The number of rotatable bonds is 6. The largest absolute Gasteiger partial charge is 0.467 e. The van der Waals surface area contributed by atoms with Gasteiger partial charge in [-0.2, -0.15) is 15.0 Å². The molecule has 7 nitrogen and oxygen atoms in total. The van der Waals surface area contributed by atoms with E-state index in [2.05, 4.69) is 20.3 Å². The molecule has 126 valence electrons. The van der Waals surface area contributed by atoms with Crippen molar-refractivity contribution in [2.45, 2.75) is 13.5 Å². The van der Waals surface area contributed by atoms with Crippen molar-refractivity contribution in [3.8, 4) is 6.01 Å². The van der Waals surface area contributed by atoms with Crippen molar-refractivity contribution in [1.82, 2.24) is 20.3 Å². The number of aromatic nitrogens is 3. The minimum atomic E-state index is -0.218. The molecule has 0 fully saturated rings. The number of ether oxygens (including phenoxy) is 1. The van der Waals surface area contributed by atoms with Gasteiger partial charge in [0, 0.05) is 20.2 Å². The summed E-state index contributed by atoms with van der Waals surface area (Å²) in [7, 11) is 5.13. The first kappa shape index (κ1) is 17.4. The van der Waals surface area contributed by atoms with Crippen molar-refractivity contribution < 1.29 is 9.53 Å². The third-order valence-corrected chi connectivity index (χ3v) is 3.26. The highest BCUT2D eigenvalue weighted by Gasteiger charge is 2.09. The molecule has 0 spiro atoms. The van der Waals surface area contributed by atoms with Gasteiger partial charge in [0.25, 0.3) is 0 Å². The van der Waals surface area contributed by atoms with Crippen LogP contribution in [0.3, 0.4) is 0 Å². The highest BCUT2D eigenvalue weighted by atomic mass is 16.5. The molecule has 0 aliphatic carbocycles. The maximum atomic E-state index is 12.0. The topological polar surface area (TPSA) is 80.2 Å². The highest BCUT2D eigenvalue weighted by Crippen LogP contribution is 2.10. The number of carbonyl (C=O) groups is 1. The third-order valence-electron chi connectivity index (χ3n) is 3.26. The molecule has 1 heterocycles. The van der Waals surface area contributed by atoms with Gasteiger partial charge >= 0.3 is 6.01 Å². The summed E-state index contributed by atoms with van der Waals surface area (Å²) < 4.78 is 5.06. The molecule has 1 aromatic carbocycles. The molecule has 0 atom stereocenters. The van der Waals surface area contributed by atoms with Crippen LogP contribution in [0.1, 0.15) is 17.0 Å². The van der Waals surface area contributed by atoms with E-state index in [9.17, 15) is 4.79 Å². The second-order valence-corrected chi connectivity index (χ2v) is 5.34. The number of nitrogens with zero attached hydrogens (tertiary/aromatic N) is 4. The molecule has 1 amide bonds. The van der Waals surface area contributed by atoms with E-state index >= 15 is 0 Å². The number of anilines is 1. The molecule has 0 saturated heterocycles. The minimum Gasteiger partial charge on any atom is -0.467 e. The summed E-state index contributed by atoms with van der Waals surface area (Å²) in [4.78, 5) is 26.2. The van der Waals surface area contributed by atoms with Crippen LogP contribution in [0.2, 0.25) is 0 Å². The Kier molecular flexibility index (Phi) is 5.83. The summed E-state index contributed by atoms with van der Waals surface area (Å²) in [5.41, 5.74) is 2.11. The molecule has 0 radical (unpaired) electrons. The molecule has 1 aromatic heterocycles. The maximum Gasteiger partial charge on any atom is 0.321 e. The fraction of sp³-hybridized carbons (Fsp3) is 0.294. The van der Waals surface area contributed by atoms with Gasteiger partial charge in [0.05, 0.1) is 13.7 Å². The van der Waals surface area contributed by atoms with Gasteiger partial charge in [0.15, 0.2) is 5.82 Å². The van der Waals surface area contributed by atoms with Crippen LogP contribution in [-0.2, 0) is 11.3 Å². The number of methoxy groups -OCH3 is 1. The molecule has 2 rings (SSSR count). The number of benzene rings is 1. The van der Waals surface area contributed by atoms with E-state index in [0.29, 0.717) is 11.8 Å². The van der Waals surface area contributed by atoms with Crippen molar-refractivity contribution in [3.63, 3.8) is 0 Å². The van der Waals surface area contributed by atoms with Crippen LogP contribution in [0.4, 0.5) is 5.95 Å². The number of amides is 1. The van der Waals surface area contributed by atoms with Gasteiger partial charge in [0.2, 0.25) is 11.9 Å². The Balaban J connectivity index is 2.01. The van der Waals surface area contributed by atoms with Gasteiger partial charge in [-0.15, -0.1) is 0 Å². The van der Waals surface area contributed by atoms with Crippen LogP contribution < -0.4 is 15.0 Å². The zero-order valence-electron chi connectivity index (χ0n) is 14.3. The summed E-state index contributed by atoms with van der Waals surface area (Å²) in [5.74, 6) is 0.689. The summed E-state index contributed by atoms with van der Waals surface area (Å²) in [6, 6.07) is 8.07. The molecular formula is C17H21N5O2. The smallest absolute Gasteiger partial charge is 0.321 e. The summed E-state index contributed by atoms with van der Waals surface area (Å²) >= 11 is 0. The average Bonchev–Trinajstić information content (AvgIpc) is 2.58. The van der Waals surface area contributed by atoms with Gasteiger partial charge < -0.3 is 15.0 Å². The molecule has 0 aliphatic rings. The second-order valence-electron chi connectivity index (χ2n) is 5.34. The molecular weight excluding hydrogens is 306 g/mol. The SMILES string of the molecule is COc1nc(CNC(=O)/C=C/c2ccccc2C)nc(N(C)C)n1. The molecule has 2 aromatic rings. The van der Waals surface area contributed by atoms with E-state index in [1.807, 2.05) is 45.3 Å². The molecule has 0 aliphatic heterocycles. The fourth-order valence-electron chi connectivity index (χ4n) is 1.92. The van der Waals surface area contributed by atoms with Crippen LogP contribution in [0.25, 0.3) is 6.08 Å². The number of hydrogen-bond acceptors (Lipinski definition) is 6. The van der Waals surface area contributed by atoms with E-state index < -0.39 is 0 Å². The van der Waals surface area contributed by atoms with Crippen LogP contribution in [0, 0.1) is 6.92 Å². The first-order valence-corrected chi connectivity index (χ1v) is 7.47. The van der Waals surface area contributed by atoms with Gasteiger partial charge in [-0.25, -0.2) is 0 Å². The van der Waals surface area contributed by atoms with Crippen LogP contribution in [-0.4, -0.2) is 42.1 Å². The van der Waals surface area contributed by atoms with E-state index in [1.165, 1.54) is 13.2 Å². The van der Waals surface area contributed by atoms with Gasteiger partial charge in [0.1, 0.15) is 0 Å². The van der Waals surface area contributed by atoms with E-state index in [-0.39, 0.29) is 18.5 Å². The van der Waals surface area contributed by atoms with Gasteiger partial charge in [-0.1, -0.05) is 24.3 Å². The van der Waals surface area contributed by atoms with E-state index in [4.69, 9.17) is 4.74 Å². The van der Waals surface area contributed by atoms with Crippen LogP contribution in [0.5, 0.6) is 6.01 Å². The van der Waals surface area contributed by atoms with Crippen molar-refractivity contribution in [3.05, 3.63) is 47.3 Å². The maximum absolute atomic E-state index is 12.0. The number of aryl methyl sites for hydroxylation is 1. The minimum absolute atomic E-state index is 0.191. The Bertz CT molecular complexity index is 744. The first-order valence-electron chi connectivity index (χ1n) is 7.47. The molecule has 0 unspecified atom stereocenters. The van der Waals surface area contributed by atoms with E-state index in [1.54, 1.807) is 11.0 Å². The van der Waals surface area contributed by atoms with Gasteiger partial charge in [-0.05, 0) is 24.1 Å². The standard InChI is InChI=1S/C17H21N5O2/c1-12-7-5-6-8-13(12)9-10-15(23)18-11-14-19-16(22(2)3)21-17(20-14)24-4/h5-10H,11H2,1-4H3,(H,18,23)/b10-9+. The Hall–Kier alpha value is -2.96. The zero-order valence-corrected chi connectivity index (χ0v) is 14.3. The lowest BCUT2D eigenvalue weighted by Crippen LogP contribution is -2.23. The average molecular weight is 327 g/mol. The monoisotopic (exact) mass is 327 g/mol. The summed E-state index contributed by atoms with van der Waals surface area (Å²) in [6.45, 7) is 2.19. The number of nitrogens with one attached hydrogen (secondary N) is 1.